The second-order valence-electron chi connectivity index (χ2n) is 6.77. The minimum absolute atomic E-state index is 0.552. The van der Waals surface area contributed by atoms with E-state index in [9.17, 15) is 0 Å². The van der Waals surface area contributed by atoms with E-state index in [0.29, 0.717) is 12.0 Å². The molecule has 1 saturated carbocycles. The lowest BCUT2D eigenvalue weighted by molar-refractivity contribution is 0.414. The van der Waals surface area contributed by atoms with Gasteiger partial charge in [0.2, 0.25) is 5.95 Å². The minimum atomic E-state index is 0.552. The van der Waals surface area contributed by atoms with E-state index in [2.05, 4.69) is 39.9 Å². The highest BCUT2D eigenvalue weighted by molar-refractivity contribution is 5.64. The van der Waals surface area contributed by atoms with Gasteiger partial charge in [-0.3, -0.25) is 0 Å². The SMILES string of the molecule is COc1ccc(CCNc2nc(NC3CC3)cc(-c3ccccc3)n2)cc1. The van der Waals surface area contributed by atoms with Gasteiger partial charge in [0, 0.05) is 24.2 Å². The van der Waals surface area contributed by atoms with Crippen LogP contribution in [0.25, 0.3) is 11.3 Å². The van der Waals surface area contributed by atoms with Crippen LogP contribution < -0.4 is 15.4 Å². The zero-order valence-electron chi connectivity index (χ0n) is 15.5. The summed E-state index contributed by atoms with van der Waals surface area (Å²) in [5, 5.41) is 6.85. The van der Waals surface area contributed by atoms with E-state index < -0.39 is 0 Å². The number of anilines is 2. The summed E-state index contributed by atoms with van der Waals surface area (Å²) in [4.78, 5) is 9.35. The summed E-state index contributed by atoms with van der Waals surface area (Å²) in [5.74, 6) is 2.42. The first-order valence-corrected chi connectivity index (χ1v) is 9.38. The Bertz CT molecular complexity index is 877. The average molecular weight is 360 g/mol. The number of rotatable bonds is 8. The molecule has 0 radical (unpaired) electrons. The van der Waals surface area contributed by atoms with Crippen molar-refractivity contribution in [2.24, 2.45) is 0 Å². The van der Waals surface area contributed by atoms with Crippen LogP contribution in [0.5, 0.6) is 5.75 Å². The van der Waals surface area contributed by atoms with Crippen LogP contribution in [0.2, 0.25) is 0 Å². The van der Waals surface area contributed by atoms with Gasteiger partial charge >= 0.3 is 0 Å². The molecule has 5 nitrogen and oxygen atoms in total. The third kappa shape index (κ3) is 4.76. The van der Waals surface area contributed by atoms with Gasteiger partial charge in [-0.05, 0) is 37.0 Å². The fourth-order valence-corrected chi connectivity index (χ4v) is 2.90. The minimum Gasteiger partial charge on any atom is -0.497 e. The Morgan fingerprint density at radius 3 is 2.48 bits per heavy atom. The molecule has 4 rings (SSSR count). The Morgan fingerprint density at radius 2 is 1.78 bits per heavy atom. The summed E-state index contributed by atoms with van der Waals surface area (Å²) in [7, 11) is 1.68. The van der Waals surface area contributed by atoms with Gasteiger partial charge < -0.3 is 15.4 Å². The van der Waals surface area contributed by atoms with Crippen molar-refractivity contribution in [3.05, 3.63) is 66.2 Å². The van der Waals surface area contributed by atoms with Crippen LogP contribution in [0.4, 0.5) is 11.8 Å². The zero-order valence-corrected chi connectivity index (χ0v) is 15.5. The molecule has 1 aromatic heterocycles. The highest BCUT2D eigenvalue weighted by atomic mass is 16.5. The summed E-state index contributed by atoms with van der Waals surface area (Å²) < 4.78 is 5.21. The molecule has 0 unspecified atom stereocenters. The molecule has 2 N–H and O–H groups in total. The van der Waals surface area contributed by atoms with Gasteiger partial charge in [-0.15, -0.1) is 0 Å². The van der Waals surface area contributed by atoms with Gasteiger partial charge in [-0.1, -0.05) is 42.5 Å². The van der Waals surface area contributed by atoms with E-state index in [4.69, 9.17) is 9.72 Å². The van der Waals surface area contributed by atoms with Gasteiger partial charge in [0.05, 0.1) is 12.8 Å². The first-order valence-electron chi connectivity index (χ1n) is 9.38. The normalized spacial score (nSPS) is 13.2. The maximum absolute atomic E-state index is 5.21. The first kappa shape index (κ1) is 17.3. The Morgan fingerprint density at radius 1 is 1.00 bits per heavy atom. The predicted molar refractivity (Wildman–Crippen MR) is 109 cm³/mol. The number of aromatic nitrogens is 2. The molecule has 3 aromatic rings. The summed E-state index contributed by atoms with van der Waals surface area (Å²) in [6, 6.07) is 20.9. The van der Waals surface area contributed by atoms with Gasteiger partial charge in [-0.2, -0.15) is 4.98 Å². The molecule has 0 atom stereocenters. The van der Waals surface area contributed by atoms with Crippen LogP contribution in [0.3, 0.4) is 0 Å². The molecular formula is C22H24N4O. The van der Waals surface area contributed by atoms with Crippen molar-refractivity contribution in [1.82, 2.24) is 9.97 Å². The van der Waals surface area contributed by atoms with Crippen molar-refractivity contribution in [1.29, 1.82) is 0 Å². The molecule has 0 spiro atoms. The number of hydrogen-bond donors (Lipinski definition) is 2. The van der Waals surface area contributed by atoms with Gasteiger partial charge in [0.15, 0.2) is 0 Å². The second-order valence-corrected chi connectivity index (χ2v) is 6.77. The van der Waals surface area contributed by atoms with Crippen LogP contribution in [-0.2, 0) is 6.42 Å². The average Bonchev–Trinajstić information content (AvgIpc) is 3.53. The van der Waals surface area contributed by atoms with Gasteiger partial charge in [0.25, 0.3) is 0 Å². The Balaban J connectivity index is 1.46. The highest BCUT2D eigenvalue weighted by Crippen LogP contribution is 2.27. The maximum Gasteiger partial charge on any atom is 0.225 e. The van der Waals surface area contributed by atoms with Crippen LogP contribution in [-0.4, -0.2) is 29.7 Å². The van der Waals surface area contributed by atoms with Crippen LogP contribution in [0, 0.1) is 0 Å². The van der Waals surface area contributed by atoms with E-state index in [0.717, 1.165) is 35.8 Å². The molecule has 0 aliphatic heterocycles. The van der Waals surface area contributed by atoms with E-state index >= 15 is 0 Å². The molecule has 2 aromatic carbocycles. The molecule has 5 heteroatoms. The molecule has 0 saturated heterocycles. The number of hydrogen-bond acceptors (Lipinski definition) is 5. The van der Waals surface area contributed by atoms with Crippen LogP contribution in [0.15, 0.2) is 60.7 Å². The number of benzene rings is 2. The summed E-state index contributed by atoms with van der Waals surface area (Å²) in [6.45, 7) is 0.771. The van der Waals surface area contributed by atoms with Crippen molar-refractivity contribution >= 4 is 11.8 Å². The van der Waals surface area contributed by atoms with Crippen molar-refractivity contribution in [3.8, 4) is 17.0 Å². The van der Waals surface area contributed by atoms with Crippen molar-refractivity contribution in [2.75, 3.05) is 24.3 Å². The molecule has 1 aliphatic carbocycles. The summed E-state index contributed by atoms with van der Waals surface area (Å²) in [5.41, 5.74) is 3.27. The molecule has 138 valence electrons. The monoisotopic (exact) mass is 360 g/mol. The first-order chi connectivity index (χ1) is 13.3. The standard InChI is InChI=1S/C22H24N4O/c1-27-19-11-7-16(8-12-19)13-14-23-22-25-20(17-5-3-2-4-6-17)15-21(26-22)24-18-9-10-18/h2-8,11-12,15,18H,9-10,13-14H2,1H3,(H2,23,24,25,26). The lowest BCUT2D eigenvalue weighted by atomic mass is 10.1. The molecule has 1 fully saturated rings. The van der Waals surface area contributed by atoms with E-state index in [1.54, 1.807) is 7.11 Å². The number of methoxy groups -OCH3 is 1. The molecule has 0 amide bonds. The fraction of sp³-hybridized carbons (Fsp3) is 0.273. The molecule has 1 aliphatic rings. The topological polar surface area (TPSA) is 59.1 Å². The molecule has 0 bridgehead atoms. The lowest BCUT2D eigenvalue weighted by Crippen LogP contribution is -2.11. The number of nitrogens with one attached hydrogen (secondary N) is 2. The van der Waals surface area contributed by atoms with Crippen molar-refractivity contribution < 1.29 is 4.74 Å². The number of nitrogens with zero attached hydrogens (tertiary/aromatic N) is 2. The Hall–Kier alpha value is -3.08. The number of ether oxygens (including phenoxy) is 1. The Kier molecular flexibility index (Phi) is 5.19. The maximum atomic E-state index is 5.21. The molecule has 27 heavy (non-hydrogen) atoms. The zero-order chi connectivity index (χ0) is 18.5. The molecular weight excluding hydrogens is 336 g/mol. The predicted octanol–water partition coefficient (Wildman–Crippen LogP) is 4.38. The lowest BCUT2D eigenvalue weighted by Gasteiger charge is -2.11. The highest BCUT2D eigenvalue weighted by Gasteiger charge is 2.22. The van der Waals surface area contributed by atoms with Gasteiger partial charge in [-0.25, -0.2) is 4.98 Å². The third-order valence-electron chi connectivity index (χ3n) is 4.58. The van der Waals surface area contributed by atoms with Crippen molar-refractivity contribution in [3.63, 3.8) is 0 Å². The Labute approximate surface area is 159 Å². The summed E-state index contributed by atoms with van der Waals surface area (Å²) >= 11 is 0. The second kappa shape index (κ2) is 8.08. The smallest absolute Gasteiger partial charge is 0.225 e. The van der Waals surface area contributed by atoms with Crippen molar-refractivity contribution in [2.45, 2.75) is 25.3 Å². The van der Waals surface area contributed by atoms with Gasteiger partial charge in [0.1, 0.15) is 11.6 Å². The largest absolute Gasteiger partial charge is 0.497 e. The van der Waals surface area contributed by atoms with E-state index in [-0.39, 0.29) is 0 Å². The fourth-order valence-electron chi connectivity index (χ4n) is 2.90. The van der Waals surface area contributed by atoms with Crippen LogP contribution in [0.1, 0.15) is 18.4 Å². The van der Waals surface area contributed by atoms with Crippen LogP contribution >= 0.6 is 0 Å². The summed E-state index contributed by atoms with van der Waals surface area (Å²) in [6.07, 6.45) is 3.32. The third-order valence-corrected chi connectivity index (χ3v) is 4.58. The van der Waals surface area contributed by atoms with E-state index in [1.807, 2.05) is 36.4 Å². The molecule has 1 heterocycles. The quantitative estimate of drug-likeness (QED) is 0.624. The van der Waals surface area contributed by atoms with E-state index in [1.165, 1.54) is 18.4 Å².